The molecule has 94 valence electrons. The van der Waals surface area contributed by atoms with Gasteiger partial charge in [-0.25, -0.2) is 5.06 Å². The normalized spacial score (nSPS) is 10.4. The Morgan fingerprint density at radius 2 is 2.22 bits per heavy atom. The molecule has 1 amide bonds. The van der Waals surface area contributed by atoms with Crippen LogP contribution in [0.3, 0.4) is 0 Å². The van der Waals surface area contributed by atoms with Crippen LogP contribution in [-0.4, -0.2) is 30.3 Å². The summed E-state index contributed by atoms with van der Waals surface area (Å²) in [6.07, 6.45) is 0. The molecule has 0 aliphatic heterocycles. The maximum absolute atomic E-state index is 11.7. The van der Waals surface area contributed by atoms with Crippen molar-refractivity contribution in [2.75, 3.05) is 14.2 Å². The number of carbonyl (C=O) groups excluding carboxylic acids is 1. The predicted octanol–water partition coefficient (Wildman–Crippen LogP) is 2.63. The SMILES string of the molecule is CON(C)C(=O)c1cc(-c2cccc(Cl)c2)no1. The first kappa shape index (κ1) is 12.6. The van der Waals surface area contributed by atoms with E-state index in [-0.39, 0.29) is 5.76 Å². The summed E-state index contributed by atoms with van der Waals surface area (Å²) in [5.41, 5.74) is 1.33. The third kappa shape index (κ3) is 2.52. The van der Waals surface area contributed by atoms with Gasteiger partial charge in [0.2, 0.25) is 5.76 Å². The molecule has 0 fully saturated rings. The van der Waals surface area contributed by atoms with Crippen LogP contribution in [0.25, 0.3) is 11.3 Å². The molecule has 0 spiro atoms. The maximum atomic E-state index is 11.7. The lowest BCUT2D eigenvalue weighted by Gasteiger charge is -2.10. The fourth-order valence-corrected chi connectivity index (χ4v) is 1.59. The van der Waals surface area contributed by atoms with Crippen LogP contribution >= 0.6 is 11.6 Å². The Hall–Kier alpha value is -1.85. The number of hydrogen-bond donors (Lipinski definition) is 0. The highest BCUT2D eigenvalue weighted by atomic mass is 35.5. The first-order valence-corrected chi connectivity index (χ1v) is 5.54. The van der Waals surface area contributed by atoms with Crippen molar-refractivity contribution < 1.29 is 14.2 Å². The van der Waals surface area contributed by atoms with Gasteiger partial charge in [-0.3, -0.25) is 9.63 Å². The van der Waals surface area contributed by atoms with E-state index in [0.29, 0.717) is 10.7 Å². The monoisotopic (exact) mass is 266 g/mol. The summed E-state index contributed by atoms with van der Waals surface area (Å²) in [6.45, 7) is 0. The number of hydrogen-bond acceptors (Lipinski definition) is 4. The van der Waals surface area contributed by atoms with Crippen LogP contribution in [0.2, 0.25) is 5.02 Å². The molecule has 2 rings (SSSR count). The molecule has 0 aliphatic rings. The Balaban J connectivity index is 2.28. The fourth-order valence-electron chi connectivity index (χ4n) is 1.40. The number of benzene rings is 1. The van der Waals surface area contributed by atoms with Gasteiger partial charge in [-0.05, 0) is 12.1 Å². The molecule has 1 aromatic heterocycles. The summed E-state index contributed by atoms with van der Waals surface area (Å²) in [4.78, 5) is 16.5. The molecular weight excluding hydrogens is 256 g/mol. The minimum atomic E-state index is -0.404. The van der Waals surface area contributed by atoms with Gasteiger partial charge < -0.3 is 4.52 Å². The average Bonchev–Trinajstić information content (AvgIpc) is 2.86. The quantitative estimate of drug-likeness (QED) is 0.802. The second kappa shape index (κ2) is 5.20. The zero-order valence-electron chi connectivity index (χ0n) is 9.88. The van der Waals surface area contributed by atoms with Gasteiger partial charge in [-0.2, -0.15) is 0 Å². The number of nitrogens with zero attached hydrogens (tertiary/aromatic N) is 2. The number of rotatable bonds is 3. The minimum absolute atomic E-state index is 0.106. The number of hydroxylamine groups is 2. The van der Waals surface area contributed by atoms with Gasteiger partial charge in [0, 0.05) is 23.7 Å². The maximum Gasteiger partial charge on any atom is 0.315 e. The van der Waals surface area contributed by atoms with E-state index < -0.39 is 5.91 Å². The lowest BCUT2D eigenvalue weighted by Crippen LogP contribution is -2.24. The van der Waals surface area contributed by atoms with E-state index in [9.17, 15) is 4.79 Å². The Kier molecular flexibility index (Phi) is 3.64. The number of amides is 1. The largest absolute Gasteiger partial charge is 0.350 e. The van der Waals surface area contributed by atoms with Gasteiger partial charge in [-0.15, -0.1) is 0 Å². The fraction of sp³-hybridized carbons (Fsp3) is 0.167. The molecule has 5 nitrogen and oxygen atoms in total. The lowest BCUT2D eigenvalue weighted by molar-refractivity contribution is -0.0776. The van der Waals surface area contributed by atoms with Crippen molar-refractivity contribution in [3.05, 3.63) is 41.1 Å². The standard InChI is InChI=1S/C12H11ClN2O3/c1-15(17-2)12(16)11-7-10(14-18-11)8-4-3-5-9(13)6-8/h3-7H,1-2H3. The molecule has 0 N–H and O–H groups in total. The van der Waals surface area contributed by atoms with Gasteiger partial charge in [-0.1, -0.05) is 28.9 Å². The molecule has 1 heterocycles. The third-order valence-electron chi connectivity index (χ3n) is 2.40. The van der Waals surface area contributed by atoms with Crippen LogP contribution in [0, 0.1) is 0 Å². The van der Waals surface area contributed by atoms with Crippen LogP contribution in [-0.2, 0) is 4.84 Å². The van der Waals surface area contributed by atoms with E-state index in [2.05, 4.69) is 5.16 Å². The van der Waals surface area contributed by atoms with Gasteiger partial charge in [0.15, 0.2) is 0 Å². The van der Waals surface area contributed by atoms with Crippen LogP contribution in [0.15, 0.2) is 34.9 Å². The zero-order chi connectivity index (χ0) is 13.1. The molecule has 0 atom stereocenters. The van der Waals surface area contributed by atoms with Gasteiger partial charge >= 0.3 is 5.91 Å². The lowest BCUT2D eigenvalue weighted by atomic mass is 10.1. The predicted molar refractivity (Wildman–Crippen MR) is 66.1 cm³/mol. The number of aromatic nitrogens is 1. The molecule has 0 radical (unpaired) electrons. The van der Waals surface area contributed by atoms with E-state index >= 15 is 0 Å². The molecule has 0 saturated heterocycles. The van der Waals surface area contributed by atoms with E-state index in [1.165, 1.54) is 14.2 Å². The highest BCUT2D eigenvalue weighted by Crippen LogP contribution is 2.22. The molecule has 2 aromatic rings. The van der Waals surface area contributed by atoms with Crippen molar-refractivity contribution >= 4 is 17.5 Å². The number of carbonyl (C=O) groups is 1. The van der Waals surface area contributed by atoms with Crippen molar-refractivity contribution in [3.63, 3.8) is 0 Å². The van der Waals surface area contributed by atoms with E-state index in [0.717, 1.165) is 10.6 Å². The number of halogens is 1. The summed E-state index contributed by atoms with van der Waals surface area (Å²) in [7, 11) is 2.88. The van der Waals surface area contributed by atoms with Crippen LogP contribution in [0.1, 0.15) is 10.6 Å². The summed E-state index contributed by atoms with van der Waals surface area (Å²) >= 11 is 5.88. The third-order valence-corrected chi connectivity index (χ3v) is 2.64. The minimum Gasteiger partial charge on any atom is -0.350 e. The van der Waals surface area contributed by atoms with Crippen molar-refractivity contribution in [1.29, 1.82) is 0 Å². The topological polar surface area (TPSA) is 55.6 Å². The molecule has 18 heavy (non-hydrogen) atoms. The van der Waals surface area contributed by atoms with E-state index in [1.807, 2.05) is 6.07 Å². The highest BCUT2D eigenvalue weighted by molar-refractivity contribution is 6.30. The van der Waals surface area contributed by atoms with Gasteiger partial charge in [0.05, 0.1) is 7.11 Å². The Bertz CT molecular complexity index is 568. The first-order chi connectivity index (χ1) is 8.61. The molecule has 0 saturated carbocycles. The summed E-state index contributed by atoms with van der Waals surface area (Å²) < 4.78 is 4.98. The van der Waals surface area contributed by atoms with Crippen LogP contribution in [0.4, 0.5) is 0 Å². The second-order valence-corrected chi connectivity index (χ2v) is 4.01. The molecule has 0 bridgehead atoms. The highest BCUT2D eigenvalue weighted by Gasteiger charge is 2.18. The first-order valence-electron chi connectivity index (χ1n) is 5.16. The summed E-state index contributed by atoms with van der Waals surface area (Å²) in [5, 5.41) is 5.48. The Morgan fingerprint density at radius 1 is 1.44 bits per heavy atom. The second-order valence-electron chi connectivity index (χ2n) is 3.57. The van der Waals surface area contributed by atoms with Gasteiger partial charge in [0.25, 0.3) is 0 Å². The molecule has 0 aliphatic carbocycles. The van der Waals surface area contributed by atoms with E-state index in [4.69, 9.17) is 21.0 Å². The van der Waals surface area contributed by atoms with Crippen molar-refractivity contribution in [2.24, 2.45) is 0 Å². The Labute approximate surface area is 109 Å². The molecule has 1 aromatic carbocycles. The summed E-state index contributed by atoms with van der Waals surface area (Å²) in [6, 6.07) is 8.68. The van der Waals surface area contributed by atoms with E-state index in [1.54, 1.807) is 24.3 Å². The zero-order valence-corrected chi connectivity index (χ0v) is 10.6. The smallest absolute Gasteiger partial charge is 0.315 e. The summed E-state index contributed by atoms with van der Waals surface area (Å²) in [5.74, 6) is -0.299. The molecule has 0 unspecified atom stereocenters. The van der Waals surface area contributed by atoms with Gasteiger partial charge in [0.1, 0.15) is 5.69 Å². The van der Waals surface area contributed by atoms with Crippen molar-refractivity contribution in [3.8, 4) is 11.3 Å². The Morgan fingerprint density at radius 3 is 2.89 bits per heavy atom. The average molecular weight is 267 g/mol. The molecular formula is C12H11ClN2O3. The van der Waals surface area contributed by atoms with Crippen molar-refractivity contribution in [2.45, 2.75) is 0 Å². The van der Waals surface area contributed by atoms with Crippen LogP contribution < -0.4 is 0 Å². The van der Waals surface area contributed by atoms with Crippen LogP contribution in [0.5, 0.6) is 0 Å². The molecule has 6 heteroatoms. The van der Waals surface area contributed by atoms with Crippen molar-refractivity contribution in [1.82, 2.24) is 10.2 Å².